The molecule has 0 aromatic heterocycles. The number of carbonyl (C=O) groups excluding carboxylic acids is 1. The second-order valence-electron chi connectivity index (χ2n) is 7.72. The predicted molar refractivity (Wildman–Crippen MR) is 99.4 cm³/mol. The molecule has 3 rings (SSSR count). The highest BCUT2D eigenvalue weighted by Gasteiger charge is 2.40. The van der Waals surface area contributed by atoms with Crippen LogP contribution in [0.5, 0.6) is 0 Å². The van der Waals surface area contributed by atoms with Crippen LogP contribution < -0.4 is 5.32 Å². The summed E-state index contributed by atoms with van der Waals surface area (Å²) in [6.45, 7) is 7.18. The maximum absolute atomic E-state index is 12.5. The second kappa shape index (κ2) is 8.19. The lowest BCUT2D eigenvalue weighted by molar-refractivity contribution is 0.0208. The van der Waals surface area contributed by atoms with Gasteiger partial charge in [-0.15, -0.1) is 0 Å². The highest BCUT2D eigenvalue weighted by Crippen LogP contribution is 2.39. The standard InChI is InChI=1S/C20H31N3O2/c1-17(22(2)15-18-6-4-3-5-7-18)14-21-19(24)23-11-8-20(16-23)9-12-25-13-10-20/h3-7,17H,8-16H2,1-2H3,(H,21,24)/t17-/m0/s1. The molecule has 0 unspecified atom stereocenters. The number of urea groups is 1. The van der Waals surface area contributed by atoms with Gasteiger partial charge in [0.1, 0.15) is 0 Å². The quantitative estimate of drug-likeness (QED) is 0.892. The Labute approximate surface area is 151 Å². The Bertz CT molecular complexity index is 557. The van der Waals surface area contributed by atoms with Crippen molar-refractivity contribution in [1.29, 1.82) is 0 Å². The van der Waals surface area contributed by atoms with Gasteiger partial charge in [-0.3, -0.25) is 4.90 Å². The number of likely N-dealkylation sites (tertiary alicyclic amines) is 1. The molecule has 0 saturated carbocycles. The zero-order valence-corrected chi connectivity index (χ0v) is 15.5. The molecule has 2 aliphatic heterocycles. The summed E-state index contributed by atoms with van der Waals surface area (Å²) in [5.74, 6) is 0. The Balaban J connectivity index is 1.42. The molecule has 1 spiro atoms. The molecular formula is C20H31N3O2. The summed E-state index contributed by atoms with van der Waals surface area (Å²) >= 11 is 0. The van der Waals surface area contributed by atoms with E-state index in [4.69, 9.17) is 4.74 Å². The van der Waals surface area contributed by atoms with Crippen molar-refractivity contribution < 1.29 is 9.53 Å². The van der Waals surface area contributed by atoms with E-state index in [1.807, 2.05) is 11.0 Å². The van der Waals surface area contributed by atoms with Crippen LogP contribution in [0.15, 0.2) is 30.3 Å². The summed E-state index contributed by atoms with van der Waals surface area (Å²) in [6.07, 6.45) is 3.30. The molecule has 1 aromatic carbocycles. The Hall–Kier alpha value is -1.59. The number of hydrogen-bond donors (Lipinski definition) is 1. The number of likely N-dealkylation sites (N-methyl/N-ethyl adjacent to an activating group) is 1. The van der Waals surface area contributed by atoms with Crippen LogP contribution in [-0.2, 0) is 11.3 Å². The number of benzene rings is 1. The zero-order valence-electron chi connectivity index (χ0n) is 15.5. The highest BCUT2D eigenvalue weighted by molar-refractivity contribution is 5.74. The van der Waals surface area contributed by atoms with Crippen LogP contribution in [-0.4, -0.2) is 61.8 Å². The molecule has 1 N–H and O–H groups in total. The van der Waals surface area contributed by atoms with Gasteiger partial charge in [0.05, 0.1) is 0 Å². The summed E-state index contributed by atoms with van der Waals surface area (Å²) < 4.78 is 5.48. The first-order chi connectivity index (χ1) is 12.1. The molecule has 2 heterocycles. The third-order valence-corrected chi connectivity index (χ3v) is 5.85. The zero-order chi connectivity index (χ0) is 17.7. The Morgan fingerprint density at radius 2 is 2.00 bits per heavy atom. The third-order valence-electron chi connectivity index (χ3n) is 5.85. The van der Waals surface area contributed by atoms with Crippen molar-refractivity contribution in [2.75, 3.05) is 39.9 Å². The summed E-state index contributed by atoms with van der Waals surface area (Å²) in [6, 6.07) is 10.8. The molecule has 1 atom stereocenters. The Morgan fingerprint density at radius 1 is 1.28 bits per heavy atom. The fourth-order valence-corrected chi connectivity index (χ4v) is 3.85. The number of amides is 2. The third kappa shape index (κ3) is 4.73. The van der Waals surface area contributed by atoms with Crippen molar-refractivity contribution in [2.24, 2.45) is 5.41 Å². The van der Waals surface area contributed by atoms with E-state index < -0.39 is 0 Å². The van der Waals surface area contributed by atoms with Gasteiger partial charge >= 0.3 is 6.03 Å². The lowest BCUT2D eigenvalue weighted by Crippen LogP contribution is -2.45. The molecule has 2 fully saturated rings. The molecule has 0 radical (unpaired) electrons. The molecule has 0 aliphatic carbocycles. The number of nitrogens with one attached hydrogen (secondary N) is 1. The van der Waals surface area contributed by atoms with E-state index in [2.05, 4.69) is 48.5 Å². The smallest absolute Gasteiger partial charge is 0.317 e. The molecule has 138 valence electrons. The van der Waals surface area contributed by atoms with Gasteiger partial charge in [0, 0.05) is 45.4 Å². The summed E-state index contributed by atoms with van der Waals surface area (Å²) in [7, 11) is 2.11. The molecule has 1 aromatic rings. The minimum absolute atomic E-state index is 0.0864. The average molecular weight is 345 g/mol. The van der Waals surface area contributed by atoms with Gasteiger partial charge in [0.15, 0.2) is 0 Å². The second-order valence-corrected chi connectivity index (χ2v) is 7.72. The van der Waals surface area contributed by atoms with E-state index in [1.54, 1.807) is 0 Å². The van der Waals surface area contributed by atoms with Gasteiger partial charge in [-0.2, -0.15) is 0 Å². The molecule has 2 saturated heterocycles. The van der Waals surface area contributed by atoms with Crippen LogP contribution in [0.2, 0.25) is 0 Å². The number of carbonyl (C=O) groups is 1. The fraction of sp³-hybridized carbons (Fsp3) is 0.650. The summed E-state index contributed by atoms with van der Waals surface area (Å²) in [4.78, 5) is 16.8. The van der Waals surface area contributed by atoms with Gasteiger partial charge in [0.2, 0.25) is 0 Å². The minimum Gasteiger partial charge on any atom is -0.381 e. The molecule has 25 heavy (non-hydrogen) atoms. The minimum atomic E-state index is 0.0864. The van der Waals surface area contributed by atoms with E-state index in [1.165, 1.54) is 5.56 Å². The maximum atomic E-state index is 12.5. The maximum Gasteiger partial charge on any atom is 0.317 e. The first kappa shape index (κ1) is 18.2. The van der Waals surface area contributed by atoms with Gasteiger partial charge in [-0.05, 0) is 44.2 Å². The average Bonchev–Trinajstić information content (AvgIpc) is 3.04. The van der Waals surface area contributed by atoms with Crippen LogP contribution in [0.1, 0.15) is 31.7 Å². The van der Waals surface area contributed by atoms with Gasteiger partial charge in [0.25, 0.3) is 0 Å². The van der Waals surface area contributed by atoms with E-state index in [9.17, 15) is 4.79 Å². The highest BCUT2D eigenvalue weighted by atomic mass is 16.5. The van der Waals surface area contributed by atoms with Crippen molar-refractivity contribution in [2.45, 2.75) is 38.8 Å². The molecule has 0 bridgehead atoms. The number of nitrogens with zero attached hydrogens (tertiary/aromatic N) is 2. The Kier molecular flexibility index (Phi) is 5.97. The molecular weight excluding hydrogens is 314 g/mol. The molecule has 5 nitrogen and oxygen atoms in total. The molecule has 5 heteroatoms. The van der Waals surface area contributed by atoms with Crippen molar-refractivity contribution in [3.05, 3.63) is 35.9 Å². The predicted octanol–water partition coefficient (Wildman–Crippen LogP) is 2.72. The fourth-order valence-electron chi connectivity index (χ4n) is 3.85. The van der Waals surface area contributed by atoms with Crippen LogP contribution in [0.3, 0.4) is 0 Å². The van der Waals surface area contributed by atoms with E-state index in [-0.39, 0.29) is 6.03 Å². The summed E-state index contributed by atoms with van der Waals surface area (Å²) in [5, 5.41) is 3.13. The van der Waals surface area contributed by atoms with Gasteiger partial charge in [-0.1, -0.05) is 30.3 Å². The van der Waals surface area contributed by atoms with Crippen LogP contribution >= 0.6 is 0 Å². The summed E-state index contributed by atoms with van der Waals surface area (Å²) in [5.41, 5.74) is 1.61. The molecule has 2 amide bonds. The van der Waals surface area contributed by atoms with Crippen molar-refractivity contribution in [3.63, 3.8) is 0 Å². The number of hydrogen-bond acceptors (Lipinski definition) is 3. The van der Waals surface area contributed by atoms with E-state index in [0.29, 0.717) is 18.0 Å². The van der Waals surface area contributed by atoms with Crippen LogP contribution in [0, 0.1) is 5.41 Å². The Morgan fingerprint density at radius 3 is 2.72 bits per heavy atom. The first-order valence-corrected chi connectivity index (χ1v) is 9.43. The number of ether oxygens (including phenoxy) is 1. The molecule has 2 aliphatic rings. The normalized spacial score (nSPS) is 20.8. The lowest BCUT2D eigenvalue weighted by atomic mass is 9.80. The van der Waals surface area contributed by atoms with Crippen LogP contribution in [0.25, 0.3) is 0 Å². The number of rotatable bonds is 5. The van der Waals surface area contributed by atoms with Crippen molar-refractivity contribution in [3.8, 4) is 0 Å². The topological polar surface area (TPSA) is 44.8 Å². The van der Waals surface area contributed by atoms with Gasteiger partial charge in [-0.25, -0.2) is 4.79 Å². The monoisotopic (exact) mass is 345 g/mol. The lowest BCUT2D eigenvalue weighted by Gasteiger charge is -2.33. The SMILES string of the molecule is C[C@@H](CNC(=O)N1CCC2(CCOCC2)C1)N(C)Cc1ccccc1. The van der Waals surface area contributed by atoms with E-state index in [0.717, 1.165) is 52.1 Å². The van der Waals surface area contributed by atoms with Crippen molar-refractivity contribution in [1.82, 2.24) is 15.1 Å². The largest absolute Gasteiger partial charge is 0.381 e. The first-order valence-electron chi connectivity index (χ1n) is 9.43. The van der Waals surface area contributed by atoms with Crippen molar-refractivity contribution >= 4 is 6.03 Å². The van der Waals surface area contributed by atoms with E-state index >= 15 is 0 Å². The van der Waals surface area contributed by atoms with Crippen LogP contribution in [0.4, 0.5) is 4.79 Å². The van der Waals surface area contributed by atoms with Gasteiger partial charge < -0.3 is 15.0 Å².